The molecule has 1 aromatic carbocycles. The maximum atomic E-state index is 11.9. The summed E-state index contributed by atoms with van der Waals surface area (Å²) in [5, 5.41) is 15.0. The Balaban J connectivity index is 1.79. The van der Waals surface area contributed by atoms with Crippen molar-refractivity contribution in [2.45, 2.75) is 32.8 Å². The lowest BCUT2D eigenvalue weighted by Crippen LogP contribution is -2.24. The Morgan fingerprint density at radius 3 is 2.67 bits per heavy atom. The number of aliphatic carboxylic acids is 1. The van der Waals surface area contributed by atoms with E-state index in [-0.39, 0.29) is 18.9 Å². The van der Waals surface area contributed by atoms with Gasteiger partial charge in [-0.2, -0.15) is 4.98 Å². The molecule has 0 aliphatic carbocycles. The molecule has 0 saturated carbocycles. The smallest absolute Gasteiger partial charge is 0.303 e. The van der Waals surface area contributed by atoms with Gasteiger partial charge in [0.1, 0.15) is 5.75 Å². The Morgan fingerprint density at radius 2 is 2.04 bits per heavy atom. The number of aryl methyl sites for hydroxylation is 1. The van der Waals surface area contributed by atoms with Gasteiger partial charge in [-0.1, -0.05) is 12.1 Å². The van der Waals surface area contributed by atoms with Gasteiger partial charge in [0.15, 0.2) is 6.61 Å². The molecule has 2 N–H and O–H groups in total. The second-order valence-corrected chi connectivity index (χ2v) is 5.02. The first kappa shape index (κ1) is 17.5. The molecule has 24 heavy (non-hydrogen) atoms. The van der Waals surface area contributed by atoms with Crippen LogP contribution >= 0.6 is 0 Å². The Kier molecular flexibility index (Phi) is 6.30. The number of ether oxygens (including phenoxy) is 1. The lowest BCUT2D eigenvalue weighted by molar-refractivity contribution is -0.137. The van der Waals surface area contributed by atoms with E-state index in [1.807, 2.05) is 6.92 Å². The Hall–Kier alpha value is -2.90. The molecule has 0 aliphatic heterocycles. The van der Waals surface area contributed by atoms with E-state index in [0.29, 0.717) is 42.4 Å². The van der Waals surface area contributed by atoms with Crippen LogP contribution in [0.1, 0.15) is 41.8 Å². The predicted molar refractivity (Wildman–Crippen MR) is 83.7 cm³/mol. The van der Waals surface area contributed by atoms with Crippen molar-refractivity contribution < 1.29 is 24.0 Å². The molecule has 0 spiro atoms. The molecule has 128 valence electrons. The Morgan fingerprint density at radius 1 is 1.29 bits per heavy atom. The number of carboxylic acid groups (broad SMARTS) is 1. The lowest BCUT2D eigenvalue weighted by atomic mass is 10.2. The number of hydrogen-bond donors (Lipinski definition) is 2. The molecular weight excluding hydrogens is 314 g/mol. The molecule has 0 unspecified atom stereocenters. The van der Waals surface area contributed by atoms with Gasteiger partial charge in [-0.3, -0.25) is 9.59 Å². The molecule has 0 radical (unpaired) electrons. The van der Waals surface area contributed by atoms with Crippen LogP contribution in [0.4, 0.5) is 0 Å². The molecule has 2 rings (SSSR count). The van der Waals surface area contributed by atoms with Crippen molar-refractivity contribution in [3.63, 3.8) is 0 Å². The highest BCUT2D eigenvalue weighted by Gasteiger charge is 2.07. The molecule has 1 heterocycles. The van der Waals surface area contributed by atoms with Gasteiger partial charge < -0.3 is 19.7 Å². The number of carbonyl (C=O) groups excluding carboxylic acids is 1. The second kappa shape index (κ2) is 8.66. The maximum absolute atomic E-state index is 11.9. The molecule has 0 atom stereocenters. The van der Waals surface area contributed by atoms with E-state index in [1.54, 1.807) is 24.3 Å². The van der Waals surface area contributed by atoms with Crippen LogP contribution in [0, 0.1) is 0 Å². The number of carboxylic acids is 1. The molecule has 1 aromatic heterocycles. The first-order chi connectivity index (χ1) is 11.6. The zero-order chi connectivity index (χ0) is 17.4. The van der Waals surface area contributed by atoms with E-state index < -0.39 is 5.97 Å². The largest absolute Gasteiger partial charge is 0.485 e. The normalized spacial score (nSPS) is 10.4. The SMILES string of the molecule is CCc1nc(COc2ccc(C(=O)NCCCC(=O)O)cc2)no1. The lowest BCUT2D eigenvalue weighted by Gasteiger charge is -2.06. The second-order valence-electron chi connectivity index (χ2n) is 5.02. The topological polar surface area (TPSA) is 115 Å². The first-order valence-electron chi connectivity index (χ1n) is 7.62. The molecule has 8 heteroatoms. The molecule has 8 nitrogen and oxygen atoms in total. The minimum atomic E-state index is -0.876. The summed E-state index contributed by atoms with van der Waals surface area (Å²) < 4.78 is 10.5. The fraction of sp³-hybridized carbons (Fsp3) is 0.375. The van der Waals surface area contributed by atoms with Crippen LogP contribution in [0.5, 0.6) is 5.75 Å². The van der Waals surface area contributed by atoms with Crippen LogP contribution in [-0.4, -0.2) is 33.7 Å². The average molecular weight is 333 g/mol. The third kappa shape index (κ3) is 5.38. The van der Waals surface area contributed by atoms with Crippen molar-refractivity contribution >= 4 is 11.9 Å². The summed E-state index contributed by atoms with van der Waals surface area (Å²) in [6, 6.07) is 6.62. The van der Waals surface area contributed by atoms with E-state index in [2.05, 4.69) is 15.5 Å². The predicted octanol–water partition coefficient (Wildman–Crippen LogP) is 1.81. The van der Waals surface area contributed by atoms with Gasteiger partial charge in [-0.15, -0.1) is 0 Å². The van der Waals surface area contributed by atoms with Crippen molar-refractivity contribution in [1.29, 1.82) is 0 Å². The number of aromatic nitrogens is 2. The Labute approximate surface area is 138 Å². The molecule has 0 bridgehead atoms. The zero-order valence-corrected chi connectivity index (χ0v) is 13.3. The molecular formula is C16H19N3O5. The van der Waals surface area contributed by atoms with Crippen LogP contribution in [0.25, 0.3) is 0 Å². The van der Waals surface area contributed by atoms with Gasteiger partial charge in [0, 0.05) is 24.9 Å². The van der Waals surface area contributed by atoms with Crippen LogP contribution in [0.2, 0.25) is 0 Å². The number of nitrogens with one attached hydrogen (secondary N) is 1. The minimum Gasteiger partial charge on any atom is -0.485 e. The summed E-state index contributed by atoms with van der Waals surface area (Å²) in [6.45, 7) is 2.43. The monoisotopic (exact) mass is 333 g/mol. The number of hydrogen-bond acceptors (Lipinski definition) is 6. The number of nitrogens with zero attached hydrogens (tertiary/aromatic N) is 2. The summed E-state index contributed by atoms with van der Waals surface area (Å²) in [4.78, 5) is 26.4. The number of rotatable bonds is 9. The van der Waals surface area contributed by atoms with Gasteiger partial charge in [-0.25, -0.2) is 0 Å². The maximum Gasteiger partial charge on any atom is 0.303 e. The van der Waals surface area contributed by atoms with E-state index in [1.165, 1.54) is 0 Å². The zero-order valence-electron chi connectivity index (χ0n) is 13.3. The van der Waals surface area contributed by atoms with Gasteiger partial charge in [0.25, 0.3) is 5.91 Å². The highest BCUT2D eigenvalue weighted by atomic mass is 16.5. The van der Waals surface area contributed by atoms with Crippen molar-refractivity contribution in [3.05, 3.63) is 41.5 Å². The van der Waals surface area contributed by atoms with Gasteiger partial charge in [-0.05, 0) is 30.7 Å². The van der Waals surface area contributed by atoms with E-state index in [9.17, 15) is 9.59 Å². The highest BCUT2D eigenvalue weighted by molar-refractivity contribution is 5.94. The minimum absolute atomic E-state index is 0.0306. The van der Waals surface area contributed by atoms with Gasteiger partial charge in [0.2, 0.25) is 11.7 Å². The van der Waals surface area contributed by atoms with Gasteiger partial charge >= 0.3 is 5.97 Å². The Bertz CT molecular complexity index is 681. The average Bonchev–Trinajstić information content (AvgIpc) is 3.05. The molecule has 1 amide bonds. The van der Waals surface area contributed by atoms with E-state index in [0.717, 1.165) is 0 Å². The van der Waals surface area contributed by atoms with Crippen LogP contribution in [-0.2, 0) is 17.8 Å². The van der Waals surface area contributed by atoms with Crippen molar-refractivity contribution in [1.82, 2.24) is 15.5 Å². The number of carbonyl (C=O) groups is 2. The molecule has 0 saturated heterocycles. The fourth-order valence-electron chi connectivity index (χ4n) is 1.89. The molecule has 0 fully saturated rings. The molecule has 2 aromatic rings. The standard InChI is InChI=1S/C16H19N3O5/c1-2-14-18-13(19-24-14)10-23-12-7-5-11(6-8-12)16(22)17-9-3-4-15(20)21/h5-8H,2-4,9-10H2,1H3,(H,17,22)(H,20,21). The number of benzene rings is 1. The molecule has 0 aliphatic rings. The van der Waals surface area contributed by atoms with E-state index in [4.69, 9.17) is 14.4 Å². The quantitative estimate of drug-likeness (QED) is 0.672. The number of amides is 1. The van der Waals surface area contributed by atoms with Crippen molar-refractivity contribution in [2.75, 3.05) is 6.54 Å². The van der Waals surface area contributed by atoms with Gasteiger partial charge in [0.05, 0.1) is 0 Å². The summed E-state index contributed by atoms with van der Waals surface area (Å²) in [5.41, 5.74) is 0.477. The van der Waals surface area contributed by atoms with Crippen LogP contribution < -0.4 is 10.1 Å². The third-order valence-corrected chi connectivity index (χ3v) is 3.15. The van der Waals surface area contributed by atoms with E-state index >= 15 is 0 Å². The van der Waals surface area contributed by atoms with Crippen LogP contribution in [0.15, 0.2) is 28.8 Å². The fourth-order valence-corrected chi connectivity index (χ4v) is 1.89. The summed E-state index contributed by atoms with van der Waals surface area (Å²) >= 11 is 0. The van der Waals surface area contributed by atoms with Crippen LogP contribution in [0.3, 0.4) is 0 Å². The first-order valence-corrected chi connectivity index (χ1v) is 7.62. The van der Waals surface area contributed by atoms with Crippen molar-refractivity contribution in [3.8, 4) is 5.75 Å². The van der Waals surface area contributed by atoms with Crippen molar-refractivity contribution in [2.24, 2.45) is 0 Å². The third-order valence-electron chi connectivity index (χ3n) is 3.15. The summed E-state index contributed by atoms with van der Waals surface area (Å²) in [7, 11) is 0. The summed E-state index contributed by atoms with van der Waals surface area (Å²) in [6.07, 6.45) is 1.10. The highest BCUT2D eigenvalue weighted by Crippen LogP contribution is 2.13. The summed E-state index contributed by atoms with van der Waals surface area (Å²) in [5.74, 6) is 0.479.